The minimum absolute atomic E-state index is 0.331. The molecule has 0 aromatic carbocycles. The highest BCUT2D eigenvalue weighted by Crippen LogP contribution is 2.33. The highest BCUT2D eigenvalue weighted by Gasteiger charge is 2.32. The molecule has 0 bridgehead atoms. The van der Waals surface area contributed by atoms with Crippen LogP contribution in [0.2, 0.25) is 0 Å². The third kappa shape index (κ3) is 3.88. The molecule has 2 aromatic rings. The molecule has 4 rings (SSSR count). The van der Waals surface area contributed by atoms with Gasteiger partial charge in [-0.15, -0.1) is 11.3 Å². The number of imidazole rings is 1. The van der Waals surface area contributed by atoms with Gasteiger partial charge in [-0.3, -0.25) is 4.90 Å². The van der Waals surface area contributed by atoms with E-state index in [1.165, 1.54) is 41.4 Å². The van der Waals surface area contributed by atoms with Crippen LogP contribution in [0.4, 0.5) is 0 Å². The summed E-state index contributed by atoms with van der Waals surface area (Å²) in [6.07, 6.45) is 6.67. The average Bonchev–Trinajstić information content (AvgIpc) is 3.37. The van der Waals surface area contributed by atoms with Crippen molar-refractivity contribution in [1.29, 1.82) is 0 Å². The normalized spacial score (nSPS) is 21.8. The van der Waals surface area contributed by atoms with Crippen molar-refractivity contribution in [3.8, 4) is 0 Å². The Labute approximate surface area is 159 Å². The number of hydrogen-bond acceptors (Lipinski definition) is 5. The number of rotatable bonds is 7. The minimum Gasteiger partial charge on any atom is -0.389 e. The van der Waals surface area contributed by atoms with Crippen LogP contribution >= 0.6 is 11.3 Å². The standard InChI is InChI=1S/C20H29N3O2S/c1-22-18-8-3-2-7-17(18)21-20(22)19-9-4-10-23(19)12-15(24)13-25-14-16-6-5-11-26-16/h5-6,11,15,19,24H,2-4,7-10,12-14H2,1H3/t15-,19-/m0/s1. The molecule has 6 heteroatoms. The van der Waals surface area contributed by atoms with Gasteiger partial charge in [-0.2, -0.15) is 0 Å². The van der Waals surface area contributed by atoms with Crippen molar-refractivity contribution in [1.82, 2.24) is 14.5 Å². The molecule has 0 unspecified atom stereocenters. The van der Waals surface area contributed by atoms with E-state index < -0.39 is 6.10 Å². The fraction of sp³-hybridized carbons (Fsp3) is 0.650. The molecular formula is C20H29N3O2S. The van der Waals surface area contributed by atoms with Crippen molar-refractivity contribution >= 4 is 11.3 Å². The summed E-state index contributed by atoms with van der Waals surface area (Å²) in [5, 5.41) is 12.5. The quantitative estimate of drug-likeness (QED) is 0.808. The molecule has 0 amide bonds. The largest absolute Gasteiger partial charge is 0.389 e. The van der Waals surface area contributed by atoms with Crippen LogP contribution in [-0.2, 0) is 31.2 Å². The molecule has 142 valence electrons. The molecule has 1 N–H and O–H groups in total. The van der Waals surface area contributed by atoms with Gasteiger partial charge < -0.3 is 14.4 Å². The number of likely N-dealkylation sites (tertiary alicyclic amines) is 1. The fourth-order valence-electron chi connectivity index (χ4n) is 4.36. The first-order valence-corrected chi connectivity index (χ1v) is 10.7. The maximum Gasteiger partial charge on any atom is 0.126 e. The Morgan fingerprint density at radius 1 is 1.35 bits per heavy atom. The number of aromatic nitrogens is 2. The number of ether oxygens (including phenoxy) is 1. The topological polar surface area (TPSA) is 50.5 Å². The summed E-state index contributed by atoms with van der Waals surface area (Å²) in [6.45, 7) is 2.67. The summed E-state index contributed by atoms with van der Waals surface area (Å²) in [6, 6.07) is 4.43. The highest BCUT2D eigenvalue weighted by atomic mass is 32.1. The summed E-state index contributed by atoms with van der Waals surface area (Å²) in [5.41, 5.74) is 2.73. The number of aryl methyl sites for hydroxylation is 1. The van der Waals surface area contributed by atoms with Gasteiger partial charge in [0.15, 0.2) is 0 Å². The Morgan fingerprint density at radius 3 is 3.04 bits per heavy atom. The van der Waals surface area contributed by atoms with E-state index in [9.17, 15) is 5.11 Å². The van der Waals surface area contributed by atoms with Crippen LogP contribution in [-0.4, -0.2) is 45.4 Å². The Hall–Kier alpha value is -1.21. The Bertz CT molecular complexity index is 713. The van der Waals surface area contributed by atoms with Crippen LogP contribution in [0.3, 0.4) is 0 Å². The summed E-state index contributed by atoms with van der Waals surface area (Å²) < 4.78 is 8.02. The second-order valence-corrected chi connectivity index (χ2v) is 8.56. The number of aliphatic hydroxyl groups is 1. The van der Waals surface area contributed by atoms with Gasteiger partial charge in [-0.25, -0.2) is 4.98 Å². The van der Waals surface area contributed by atoms with Gasteiger partial charge in [-0.05, 0) is 56.5 Å². The molecule has 0 spiro atoms. The van der Waals surface area contributed by atoms with E-state index in [0.717, 1.165) is 25.8 Å². The molecule has 2 atom stereocenters. The first kappa shape index (κ1) is 18.2. The van der Waals surface area contributed by atoms with E-state index in [2.05, 4.69) is 28.0 Å². The second kappa shape index (κ2) is 8.21. The zero-order valence-corrected chi connectivity index (χ0v) is 16.4. The molecule has 0 saturated carbocycles. The number of hydrogen-bond donors (Lipinski definition) is 1. The average molecular weight is 376 g/mol. The lowest BCUT2D eigenvalue weighted by atomic mass is 10.0. The van der Waals surface area contributed by atoms with Crippen LogP contribution in [0.15, 0.2) is 17.5 Å². The molecule has 1 aliphatic carbocycles. The van der Waals surface area contributed by atoms with Crippen molar-refractivity contribution in [2.24, 2.45) is 7.05 Å². The SMILES string of the molecule is Cn1c([C@@H]2CCCN2C[C@H](O)COCc2cccs2)nc2c1CCCC2. The third-order valence-corrected chi connectivity index (χ3v) is 6.50. The predicted molar refractivity (Wildman–Crippen MR) is 103 cm³/mol. The van der Waals surface area contributed by atoms with Gasteiger partial charge in [0.25, 0.3) is 0 Å². The zero-order valence-electron chi connectivity index (χ0n) is 15.6. The number of β-amino-alcohol motifs (C(OH)–C–C–N with tert-alkyl or cyclic N) is 1. The number of nitrogens with zero attached hydrogens (tertiary/aromatic N) is 3. The van der Waals surface area contributed by atoms with E-state index in [-0.39, 0.29) is 0 Å². The van der Waals surface area contributed by atoms with Crippen LogP contribution in [0.1, 0.15) is 53.8 Å². The monoisotopic (exact) mass is 375 g/mol. The molecule has 5 nitrogen and oxygen atoms in total. The zero-order chi connectivity index (χ0) is 17.9. The number of thiophene rings is 1. The lowest BCUT2D eigenvalue weighted by molar-refractivity contribution is 0.00781. The van der Waals surface area contributed by atoms with Crippen LogP contribution < -0.4 is 0 Å². The lowest BCUT2D eigenvalue weighted by Crippen LogP contribution is -2.35. The first-order valence-electron chi connectivity index (χ1n) is 9.79. The number of aliphatic hydroxyl groups excluding tert-OH is 1. The third-order valence-electron chi connectivity index (χ3n) is 5.65. The highest BCUT2D eigenvalue weighted by molar-refractivity contribution is 7.09. The van der Waals surface area contributed by atoms with Gasteiger partial charge in [0.1, 0.15) is 5.82 Å². The van der Waals surface area contributed by atoms with E-state index >= 15 is 0 Å². The molecule has 1 aliphatic heterocycles. The molecule has 2 aromatic heterocycles. The van der Waals surface area contributed by atoms with Gasteiger partial charge in [-0.1, -0.05) is 6.07 Å². The van der Waals surface area contributed by atoms with E-state index in [1.54, 1.807) is 11.3 Å². The number of fused-ring (bicyclic) bond motifs is 1. The summed E-state index contributed by atoms with van der Waals surface area (Å²) in [5.74, 6) is 1.20. The lowest BCUT2D eigenvalue weighted by Gasteiger charge is -2.26. The molecule has 2 aliphatic rings. The van der Waals surface area contributed by atoms with Crippen molar-refractivity contribution in [3.05, 3.63) is 39.6 Å². The van der Waals surface area contributed by atoms with E-state index in [4.69, 9.17) is 9.72 Å². The second-order valence-electron chi connectivity index (χ2n) is 7.53. The summed E-state index contributed by atoms with van der Waals surface area (Å²) >= 11 is 1.69. The maximum absolute atomic E-state index is 10.4. The van der Waals surface area contributed by atoms with Crippen molar-refractivity contribution < 1.29 is 9.84 Å². The van der Waals surface area contributed by atoms with E-state index in [0.29, 0.717) is 25.8 Å². The minimum atomic E-state index is -0.453. The van der Waals surface area contributed by atoms with Crippen LogP contribution in [0.5, 0.6) is 0 Å². The Morgan fingerprint density at radius 2 is 2.23 bits per heavy atom. The van der Waals surface area contributed by atoms with E-state index in [1.807, 2.05) is 6.07 Å². The van der Waals surface area contributed by atoms with Crippen molar-refractivity contribution in [2.45, 2.75) is 57.3 Å². The van der Waals surface area contributed by atoms with Gasteiger partial charge in [0.05, 0.1) is 31.1 Å². The van der Waals surface area contributed by atoms with Gasteiger partial charge in [0, 0.05) is 24.2 Å². The van der Waals surface area contributed by atoms with Crippen LogP contribution in [0.25, 0.3) is 0 Å². The fourth-order valence-corrected chi connectivity index (χ4v) is 5.00. The van der Waals surface area contributed by atoms with Gasteiger partial charge >= 0.3 is 0 Å². The van der Waals surface area contributed by atoms with Crippen LogP contribution in [0, 0.1) is 0 Å². The summed E-state index contributed by atoms with van der Waals surface area (Å²) in [7, 11) is 2.17. The molecule has 3 heterocycles. The Balaban J connectivity index is 1.35. The molecule has 1 fully saturated rings. The molecular weight excluding hydrogens is 346 g/mol. The van der Waals surface area contributed by atoms with Gasteiger partial charge in [0.2, 0.25) is 0 Å². The molecule has 26 heavy (non-hydrogen) atoms. The molecule has 0 radical (unpaired) electrons. The first-order chi connectivity index (χ1) is 12.7. The predicted octanol–water partition coefficient (Wildman–Crippen LogP) is 3.08. The van der Waals surface area contributed by atoms with Crippen molar-refractivity contribution in [3.63, 3.8) is 0 Å². The maximum atomic E-state index is 10.4. The smallest absolute Gasteiger partial charge is 0.126 e. The van der Waals surface area contributed by atoms with Crippen molar-refractivity contribution in [2.75, 3.05) is 19.7 Å². The Kier molecular flexibility index (Phi) is 5.74. The molecule has 1 saturated heterocycles. The summed E-state index contributed by atoms with van der Waals surface area (Å²) in [4.78, 5) is 8.59.